The molecule has 10 heteroatoms. The fraction of sp³-hybridized carbons (Fsp3) is 0.943. The highest BCUT2D eigenvalue weighted by Crippen LogP contribution is 2.75. The Kier molecular flexibility index (Phi) is 8.30. The van der Waals surface area contributed by atoms with E-state index in [1.807, 2.05) is 6.92 Å². The number of allylic oxidation sites excluding steroid dienone is 1. The van der Waals surface area contributed by atoms with Gasteiger partial charge in [-0.1, -0.05) is 53.2 Å². The molecule has 10 nitrogen and oxygen atoms in total. The molecule has 0 spiro atoms. The van der Waals surface area contributed by atoms with E-state index in [9.17, 15) is 40.9 Å². The second-order valence-electron chi connectivity index (χ2n) is 17.6. The first-order chi connectivity index (χ1) is 20.8. The molecule has 5 fully saturated rings. The highest BCUT2D eigenvalue weighted by Gasteiger charge is 2.71. The van der Waals surface area contributed by atoms with Gasteiger partial charge >= 0.3 is 0 Å². The molecule has 5 aliphatic carbocycles. The van der Waals surface area contributed by atoms with Crippen molar-refractivity contribution in [1.82, 2.24) is 0 Å². The van der Waals surface area contributed by atoms with Crippen LogP contribution in [-0.2, 0) is 9.47 Å². The van der Waals surface area contributed by atoms with E-state index in [1.165, 1.54) is 5.57 Å². The summed E-state index contributed by atoms with van der Waals surface area (Å²) < 4.78 is 11.9. The second-order valence-corrected chi connectivity index (χ2v) is 17.6. The molecule has 6 aliphatic rings. The van der Waals surface area contributed by atoms with Crippen molar-refractivity contribution in [2.75, 3.05) is 13.2 Å². The van der Waals surface area contributed by atoms with Gasteiger partial charge in [0.15, 0.2) is 6.29 Å². The Balaban J connectivity index is 1.34. The fourth-order valence-electron chi connectivity index (χ4n) is 12.0. The number of aliphatic hydroxyl groups excluding tert-OH is 7. The van der Waals surface area contributed by atoms with E-state index in [0.717, 1.165) is 32.1 Å². The summed E-state index contributed by atoms with van der Waals surface area (Å²) in [7, 11) is 0. The Bertz CT molecular complexity index is 1180. The average molecular weight is 639 g/mol. The summed E-state index contributed by atoms with van der Waals surface area (Å²) in [5.74, 6) is -0.0422. The van der Waals surface area contributed by atoms with Crippen LogP contribution in [0.25, 0.3) is 0 Å². The molecule has 16 unspecified atom stereocenters. The van der Waals surface area contributed by atoms with Crippen LogP contribution in [0.15, 0.2) is 11.6 Å². The minimum atomic E-state index is -1.61. The number of hydrogen-bond acceptors (Lipinski definition) is 10. The van der Waals surface area contributed by atoms with E-state index in [1.54, 1.807) is 0 Å². The van der Waals surface area contributed by atoms with Gasteiger partial charge in [0, 0.05) is 11.3 Å². The highest BCUT2D eigenvalue weighted by molar-refractivity contribution is 5.35. The molecule has 0 aromatic carbocycles. The van der Waals surface area contributed by atoms with E-state index in [0.29, 0.717) is 19.3 Å². The van der Waals surface area contributed by atoms with Crippen molar-refractivity contribution in [3.8, 4) is 0 Å². The molecular formula is C35H58O10. The molecule has 1 aliphatic heterocycles. The van der Waals surface area contributed by atoms with Crippen LogP contribution < -0.4 is 0 Å². The Morgan fingerprint density at radius 1 is 0.844 bits per heavy atom. The van der Waals surface area contributed by atoms with Gasteiger partial charge in [-0.15, -0.1) is 0 Å². The molecule has 0 aromatic heterocycles. The number of aliphatic hydroxyl groups is 8. The van der Waals surface area contributed by atoms with Gasteiger partial charge in [0.1, 0.15) is 24.4 Å². The number of ether oxygens (including phenoxy) is 2. The standard InChI is InChI=1S/C35H58O10/c1-30(2)11-12-35(43)19(13-30)18-7-8-23-31(3)14-20(38)28(45-29-27(42)26(41)25(40)21(16-36)44-29)32(4,17-37)22(31)9-10-33(23,5)34(18,6)15-24(35)39/h7,19-29,36-43H,8-17H2,1-6H3. The summed E-state index contributed by atoms with van der Waals surface area (Å²) in [4.78, 5) is 0. The van der Waals surface area contributed by atoms with Crippen molar-refractivity contribution in [2.24, 2.45) is 44.8 Å². The molecule has 16 atom stereocenters. The van der Waals surface area contributed by atoms with Gasteiger partial charge in [-0.3, -0.25) is 0 Å². The number of rotatable bonds is 4. The maximum absolute atomic E-state index is 11.9. The van der Waals surface area contributed by atoms with Crippen molar-refractivity contribution in [1.29, 1.82) is 0 Å². The Morgan fingerprint density at radius 2 is 1.53 bits per heavy atom. The van der Waals surface area contributed by atoms with Crippen LogP contribution >= 0.6 is 0 Å². The molecule has 0 radical (unpaired) electrons. The molecule has 0 amide bonds. The molecule has 1 saturated heterocycles. The van der Waals surface area contributed by atoms with E-state index >= 15 is 0 Å². The molecular weight excluding hydrogens is 580 g/mol. The first kappa shape index (κ1) is 34.2. The fourth-order valence-corrected chi connectivity index (χ4v) is 12.0. The van der Waals surface area contributed by atoms with Gasteiger partial charge in [-0.2, -0.15) is 0 Å². The largest absolute Gasteiger partial charge is 0.396 e. The Labute approximate surface area is 267 Å². The van der Waals surface area contributed by atoms with Gasteiger partial charge in [-0.25, -0.2) is 0 Å². The third-order valence-electron chi connectivity index (χ3n) is 14.8. The molecule has 0 bridgehead atoms. The van der Waals surface area contributed by atoms with E-state index < -0.39 is 72.1 Å². The van der Waals surface area contributed by atoms with Crippen LogP contribution in [0.3, 0.4) is 0 Å². The van der Waals surface area contributed by atoms with Crippen LogP contribution in [0.1, 0.15) is 92.9 Å². The molecule has 1 heterocycles. The summed E-state index contributed by atoms with van der Waals surface area (Å²) in [5.41, 5.74) is -1.68. The lowest BCUT2D eigenvalue weighted by molar-refractivity contribution is -0.345. The molecule has 6 rings (SSSR count). The van der Waals surface area contributed by atoms with Crippen molar-refractivity contribution in [3.63, 3.8) is 0 Å². The third-order valence-corrected chi connectivity index (χ3v) is 14.8. The summed E-state index contributed by atoms with van der Waals surface area (Å²) in [6, 6.07) is 0. The van der Waals surface area contributed by atoms with E-state index in [-0.39, 0.29) is 40.6 Å². The van der Waals surface area contributed by atoms with Crippen molar-refractivity contribution >= 4 is 0 Å². The lowest BCUT2D eigenvalue weighted by atomic mass is 9.34. The average Bonchev–Trinajstić information content (AvgIpc) is 2.96. The summed E-state index contributed by atoms with van der Waals surface area (Å²) in [5, 5.41) is 87.4. The third kappa shape index (κ3) is 4.64. The zero-order chi connectivity index (χ0) is 33.1. The zero-order valence-corrected chi connectivity index (χ0v) is 27.9. The van der Waals surface area contributed by atoms with E-state index in [4.69, 9.17) is 9.47 Å². The molecule has 4 saturated carbocycles. The first-order valence-corrected chi connectivity index (χ1v) is 17.2. The van der Waals surface area contributed by atoms with Crippen LogP contribution in [0.2, 0.25) is 0 Å². The normalized spacial score (nSPS) is 57.6. The predicted octanol–water partition coefficient (Wildman–Crippen LogP) is 1.63. The monoisotopic (exact) mass is 638 g/mol. The molecule has 8 N–H and O–H groups in total. The van der Waals surface area contributed by atoms with Gasteiger partial charge in [0.25, 0.3) is 0 Å². The lowest BCUT2D eigenvalue weighted by Crippen LogP contribution is -2.70. The lowest BCUT2D eigenvalue weighted by Gasteiger charge is -2.72. The van der Waals surface area contributed by atoms with Crippen molar-refractivity contribution < 1.29 is 50.3 Å². The van der Waals surface area contributed by atoms with Gasteiger partial charge in [-0.05, 0) is 84.9 Å². The zero-order valence-electron chi connectivity index (χ0n) is 27.9. The highest BCUT2D eigenvalue weighted by atomic mass is 16.7. The van der Waals surface area contributed by atoms with E-state index in [2.05, 4.69) is 40.7 Å². The molecule has 0 aromatic rings. The predicted molar refractivity (Wildman–Crippen MR) is 164 cm³/mol. The number of hydrogen-bond donors (Lipinski definition) is 8. The van der Waals surface area contributed by atoms with Gasteiger partial charge in [0.2, 0.25) is 0 Å². The minimum absolute atomic E-state index is 0.0658. The van der Waals surface area contributed by atoms with Crippen LogP contribution in [-0.4, -0.2) is 109 Å². The molecule has 258 valence electrons. The van der Waals surface area contributed by atoms with Crippen LogP contribution in [0.4, 0.5) is 0 Å². The summed E-state index contributed by atoms with van der Waals surface area (Å²) >= 11 is 0. The maximum Gasteiger partial charge on any atom is 0.187 e. The summed E-state index contributed by atoms with van der Waals surface area (Å²) in [6.07, 6.45) is -2.18. The Morgan fingerprint density at radius 3 is 2.18 bits per heavy atom. The first-order valence-electron chi connectivity index (χ1n) is 17.2. The minimum Gasteiger partial charge on any atom is -0.396 e. The van der Waals surface area contributed by atoms with Crippen LogP contribution in [0, 0.1) is 44.8 Å². The smallest absolute Gasteiger partial charge is 0.187 e. The van der Waals surface area contributed by atoms with Crippen LogP contribution in [0.5, 0.6) is 0 Å². The van der Waals surface area contributed by atoms with Crippen molar-refractivity contribution in [3.05, 3.63) is 11.6 Å². The van der Waals surface area contributed by atoms with Gasteiger partial charge < -0.3 is 50.3 Å². The van der Waals surface area contributed by atoms with Gasteiger partial charge in [0.05, 0.1) is 37.1 Å². The summed E-state index contributed by atoms with van der Waals surface area (Å²) in [6.45, 7) is 12.4. The maximum atomic E-state index is 11.9. The Hall–Kier alpha value is -0.660. The second kappa shape index (κ2) is 10.9. The topological polar surface area (TPSA) is 180 Å². The molecule has 45 heavy (non-hydrogen) atoms. The van der Waals surface area contributed by atoms with Crippen molar-refractivity contribution in [2.45, 2.75) is 148 Å². The SMILES string of the molecule is CC1(C)CCC2(O)C(O)CC3(C)C(=CCC4C5(C)CC(O)C(OC6OC(CO)C(O)C(O)C6O)C(C)(CO)C5CCC43C)C2C1. The quantitative estimate of drug-likeness (QED) is 0.167. The number of fused-ring (bicyclic) bond motifs is 7.